The lowest BCUT2D eigenvalue weighted by atomic mass is 10.4. The molecule has 0 nitrogen and oxygen atoms in total. The van der Waals surface area contributed by atoms with E-state index in [1.54, 1.807) is 0 Å². The predicted octanol–water partition coefficient (Wildman–Crippen LogP) is 2.15. The summed E-state index contributed by atoms with van der Waals surface area (Å²) in [6.45, 7) is 4.65. The topological polar surface area (TPSA) is 0 Å². The van der Waals surface area contributed by atoms with Crippen molar-refractivity contribution in [3.8, 4) is 0 Å². The Morgan fingerprint density at radius 3 is 2.14 bits per heavy atom. The molecule has 0 aromatic heterocycles. The molecule has 0 bridgehead atoms. The molecule has 0 spiro atoms. The molecule has 1 aliphatic rings. The van der Waals surface area contributed by atoms with Gasteiger partial charge in [-0.1, -0.05) is 13.8 Å². The summed E-state index contributed by atoms with van der Waals surface area (Å²) >= 11 is 2.00. The fourth-order valence-electron chi connectivity index (χ4n) is 0.834. The van der Waals surface area contributed by atoms with Gasteiger partial charge in [-0.25, -0.2) is 0 Å². The van der Waals surface area contributed by atoms with Gasteiger partial charge in [0.25, 0.3) is 0 Å². The summed E-state index contributed by atoms with van der Waals surface area (Å²) in [7, 11) is 0. The maximum absolute atomic E-state index is 2.34. The molecule has 0 amide bonds. The zero-order valence-corrected chi connectivity index (χ0v) is 6.01. The van der Waals surface area contributed by atoms with Crippen LogP contribution in [0.15, 0.2) is 0 Å². The van der Waals surface area contributed by atoms with Gasteiger partial charge in [0.15, 0.2) is 0 Å². The van der Waals surface area contributed by atoms with E-state index in [1.165, 1.54) is 6.42 Å². The Balaban J connectivity index is 2.36. The van der Waals surface area contributed by atoms with E-state index in [-0.39, 0.29) is 0 Å². The van der Waals surface area contributed by atoms with Crippen LogP contribution in [0.1, 0.15) is 20.3 Å². The van der Waals surface area contributed by atoms with Gasteiger partial charge >= 0.3 is 0 Å². The quantitative estimate of drug-likeness (QED) is 0.506. The molecule has 2 atom stereocenters. The number of hydrogen-bond donors (Lipinski definition) is 0. The Morgan fingerprint density at radius 2 is 2.14 bits per heavy atom. The van der Waals surface area contributed by atoms with E-state index in [0.29, 0.717) is 4.75 Å². The number of thioether (sulfide) groups is 1. The van der Waals surface area contributed by atoms with Crippen molar-refractivity contribution in [1.29, 1.82) is 0 Å². The first-order valence-corrected chi connectivity index (χ1v) is 3.96. The van der Waals surface area contributed by atoms with Crippen LogP contribution in [-0.4, -0.2) is 11.0 Å². The summed E-state index contributed by atoms with van der Waals surface area (Å²) in [5.41, 5.74) is 0. The van der Waals surface area contributed by atoms with Crippen molar-refractivity contribution in [3.05, 3.63) is 0 Å². The molecule has 0 aromatic rings. The molecule has 1 saturated carbocycles. The Bertz CT molecular complexity index is 76.2. The molecular formula is C6H12S. The first-order chi connectivity index (χ1) is 3.19. The van der Waals surface area contributed by atoms with Gasteiger partial charge in [0.1, 0.15) is 0 Å². The molecule has 1 heteroatoms. The summed E-state index contributed by atoms with van der Waals surface area (Å²) in [6.07, 6.45) is 3.62. The van der Waals surface area contributed by atoms with Crippen molar-refractivity contribution in [2.75, 3.05) is 6.26 Å². The molecule has 1 rings (SSSR count). The van der Waals surface area contributed by atoms with Gasteiger partial charge in [0.2, 0.25) is 0 Å². The summed E-state index contributed by atoms with van der Waals surface area (Å²) in [6, 6.07) is 0. The molecule has 0 radical (unpaired) electrons. The van der Waals surface area contributed by atoms with E-state index in [9.17, 15) is 0 Å². The first-order valence-electron chi connectivity index (χ1n) is 2.74. The Hall–Kier alpha value is 0.350. The average molecular weight is 116 g/mol. The molecule has 0 aliphatic heterocycles. The standard InChI is InChI=1S/C6H12S/c1-5-4-6(5,2)7-3/h5H,4H2,1-3H3. The van der Waals surface area contributed by atoms with Gasteiger partial charge < -0.3 is 0 Å². The fraction of sp³-hybridized carbons (Fsp3) is 1.00. The van der Waals surface area contributed by atoms with Crippen LogP contribution in [0.25, 0.3) is 0 Å². The van der Waals surface area contributed by atoms with Gasteiger partial charge in [-0.3, -0.25) is 0 Å². The molecule has 7 heavy (non-hydrogen) atoms. The van der Waals surface area contributed by atoms with Gasteiger partial charge in [-0.05, 0) is 18.6 Å². The molecule has 42 valence electrons. The summed E-state index contributed by atoms with van der Waals surface area (Å²) in [5, 5.41) is 0. The second-order valence-electron chi connectivity index (χ2n) is 2.62. The van der Waals surface area contributed by atoms with E-state index >= 15 is 0 Å². The molecular weight excluding hydrogens is 104 g/mol. The van der Waals surface area contributed by atoms with Crippen LogP contribution in [-0.2, 0) is 0 Å². The van der Waals surface area contributed by atoms with E-state index < -0.39 is 0 Å². The van der Waals surface area contributed by atoms with E-state index in [4.69, 9.17) is 0 Å². The minimum Gasteiger partial charge on any atom is -0.159 e. The van der Waals surface area contributed by atoms with Crippen LogP contribution in [0.3, 0.4) is 0 Å². The summed E-state index contributed by atoms with van der Waals surface area (Å²) in [4.78, 5) is 0. The molecule has 0 aromatic carbocycles. The first kappa shape index (κ1) is 5.49. The van der Waals surface area contributed by atoms with Crippen molar-refractivity contribution < 1.29 is 0 Å². The second-order valence-corrected chi connectivity index (χ2v) is 3.96. The zero-order chi connectivity index (χ0) is 5.49. The number of rotatable bonds is 1. The van der Waals surface area contributed by atoms with Crippen LogP contribution in [0.4, 0.5) is 0 Å². The van der Waals surface area contributed by atoms with Crippen LogP contribution < -0.4 is 0 Å². The molecule has 0 saturated heterocycles. The fourth-order valence-corrected chi connectivity index (χ4v) is 1.65. The van der Waals surface area contributed by atoms with Gasteiger partial charge in [0.05, 0.1) is 0 Å². The summed E-state index contributed by atoms with van der Waals surface area (Å²) < 4.78 is 0.667. The highest BCUT2D eigenvalue weighted by Crippen LogP contribution is 2.52. The molecule has 0 N–H and O–H groups in total. The highest BCUT2D eigenvalue weighted by Gasteiger charge is 2.45. The zero-order valence-electron chi connectivity index (χ0n) is 5.19. The lowest BCUT2D eigenvalue weighted by Gasteiger charge is -2.00. The highest BCUT2D eigenvalue weighted by atomic mass is 32.2. The van der Waals surface area contributed by atoms with E-state index in [2.05, 4.69) is 20.1 Å². The van der Waals surface area contributed by atoms with E-state index in [0.717, 1.165) is 5.92 Å². The second kappa shape index (κ2) is 1.41. The van der Waals surface area contributed by atoms with Crippen molar-refractivity contribution in [2.24, 2.45) is 5.92 Å². The smallest absolute Gasteiger partial charge is 0.0158 e. The lowest BCUT2D eigenvalue weighted by molar-refractivity contribution is 0.880. The molecule has 0 heterocycles. The van der Waals surface area contributed by atoms with Gasteiger partial charge in [-0.15, -0.1) is 0 Å². The van der Waals surface area contributed by atoms with Gasteiger partial charge in [0, 0.05) is 4.75 Å². The maximum atomic E-state index is 2.34. The van der Waals surface area contributed by atoms with Crippen molar-refractivity contribution in [3.63, 3.8) is 0 Å². The van der Waals surface area contributed by atoms with Crippen molar-refractivity contribution in [2.45, 2.75) is 25.0 Å². The van der Waals surface area contributed by atoms with Crippen LogP contribution in [0.2, 0.25) is 0 Å². The monoisotopic (exact) mass is 116 g/mol. The summed E-state index contributed by atoms with van der Waals surface area (Å²) in [5.74, 6) is 0.975. The lowest BCUT2D eigenvalue weighted by Crippen LogP contribution is -1.94. The highest BCUT2D eigenvalue weighted by molar-refractivity contribution is 8.00. The predicted molar refractivity (Wildman–Crippen MR) is 35.7 cm³/mol. The normalized spacial score (nSPS) is 49.3. The Labute approximate surface area is 49.7 Å². The Morgan fingerprint density at radius 1 is 1.71 bits per heavy atom. The minimum absolute atomic E-state index is 0.667. The third-order valence-corrected chi connectivity index (χ3v) is 3.56. The van der Waals surface area contributed by atoms with Crippen LogP contribution in [0, 0.1) is 5.92 Å². The van der Waals surface area contributed by atoms with E-state index in [1.807, 2.05) is 11.8 Å². The molecule has 2 unspecified atom stereocenters. The minimum atomic E-state index is 0.667. The van der Waals surface area contributed by atoms with Crippen molar-refractivity contribution in [1.82, 2.24) is 0 Å². The molecule has 1 fully saturated rings. The Kier molecular flexibility index (Phi) is 1.11. The largest absolute Gasteiger partial charge is 0.159 e. The SMILES string of the molecule is CSC1(C)CC1C. The van der Waals surface area contributed by atoms with Crippen molar-refractivity contribution >= 4 is 11.8 Å². The van der Waals surface area contributed by atoms with Crippen LogP contribution in [0.5, 0.6) is 0 Å². The third-order valence-electron chi connectivity index (χ3n) is 2.06. The maximum Gasteiger partial charge on any atom is 0.0158 e. The average Bonchev–Trinajstić information content (AvgIpc) is 2.18. The molecule has 1 aliphatic carbocycles. The number of hydrogen-bond acceptors (Lipinski definition) is 1. The van der Waals surface area contributed by atoms with Crippen LogP contribution >= 0.6 is 11.8 Å². The third kappa shape index (κ3) is 0.788. The van der Waals surface area contributed by atoms with Gasteiger partial charge in [-0.2, -0.15) is 11.8 Å².